The summed E-state index contributed by atoms with van der Waals surface area (Å²) in [5.74, 6) is -0.276. The predicted molar refractivity (Wildman–Crippen MR) is 84.7 cm³/mol. The molecule has 4 heteroatoms. The van der Waals surface area contributed by atoms with Crippen LogP contribution < -0.4 is 11.1 Å². The van der Waals surface area contributed by atoms with Gasteiger partial charge in [0.1, 0.15) is 0 Å². The van der Waals surface area contributed by atoms with Gasteiger partial charge in [0, 0.05) is 22.5 Å². The Morgan fingerprint density at radius 1 is 1.05 bits per heavy atom. The SMILES string of the molecule is CC(=O)c1cccc(NC(=O)c2cc(N)c(C)cc2C)c1. The third kappa shape index (κ3) is 3.28. The van der Waals surface area contributed by atoms with E-state index in [1.54, 1.807) is 30.3 Å². The summed E-state index contributed by atoms with van der Waals surface area (Å²) in [5, 5.41) is 2.79. The average Bonchev–Trinajstić information content (AvgIpc) is 2.43. The number of rotatable bonds is 3. The first kappa shape index (κ1) is 14.8. The molecule has 1 amide bonds. The monoisotopic (exact) mass is 282 g/mol. The minimum Gasteiger partial charge on any atom is -0.398 e. The van der Waals surface area contributed by atoms with Crippen molar-refractivity contribution in [2.45, 2.75) is 20.8 Å². The van der Waals surface area contributed by atoms with E-state index in [9.17, 15) is 9.59 Å². The zero-order valence-electron chi connectivity index (χ0n) is 12.4. The standard InChI is InChI=1S/C17H18N2O2/c1-10-7-11(2)16(18)9-15(10)17(21)19-14-6-4-5-13(8-14)12(3)20/h4-9H,18H2,1-3H3,(H,19,21). The molecule has 2 rings (SSSR count). The van der Waals surface area contributed by atoms with Crippen LogP contribution in [0.5, 0.6) is 0 Å². The minimum atomic E-state index is -0.236. The molecule has 0 bridgehead atoms. The Kier molecular flexibility index (Phi) is 4.08. The minimum absolute atomic E-state index is 0.0399. The summed E-state index contributed by atoms with van der Waals surface area (Å²) in [4.78, 5) is 23.7. The molecule has 4 nitrogen and oxygen atoms in total. The summed E-state index contributed by atoms with van der Waals surface area (Å²) < 4.78 is 0. The lowest BCUT2D eigenvalue weighted by molar-refractivity contribution is 0.101. The Bertz CT molecular complexity index is 721. The van der Waals surface area contributed by atoms with E-state index in [-0.39, 0.29) is 11.7 Å². The van der Waals surface area contributed by atoms with Crippen molar-refractivity contribution in [3.05, 3.63) is 58.7 Å². The van der Waals surface area contributed by atoms with Gasteiger partial charge in [-0.1, -0.05) is 18.2 Å². The van der Waals surface area contributed by atoms with Gasteiger partial charge < -0.3 is 11.1 Å². The van der Waals surface area contributed by atoms with E-state index >= 15 is 0 Å². The van der Waals surface area contributed by atoms with E-state index in [1.807, 2.05) is 19.9 Å². The molecule has 21 heavy (non-hydrogen) atoms. The number of amides is 1. The maximum absolute atomic E-state index is 12.3. The molecule has 2 aromatic carbocycles. The number of ketones is 1. The van der Waals surface area contributed by atoms with Crippen molar-refractivity contribution in [2.75, 3.05) is 11.1 Å². The largest absolute Gasteiger partial charge is 0.398 e. The molecule has 0 unspecified atom stereocenters. The van der Waals surface area contributed by atoms with Gasteiger partial charge in [0.15, 0.2) is 5.78 Å². The fourth-order valence-electron chi connectivity index (χ4n) is 2.13. The van der Waals surface area contributed by atoms with Crippen LogP contribution in [0.15, 0.2) is 36.4 Å². The number of nitrogen functional groups attached to an aromatic ring is 1. The van der Waals surface area contributed by atoms with Crippen LogP contribution in [-0.4, -0.2) is 11.7 Å². The van der Waals surface area contributed by atoms with Crippen molar-refractivity contribution in [3.63, 3.8) is 0 Å². The number of benzene rings is 2. The van der Waals surface area contributed by atoms with Gasteiger partial charge in [-0.15, -0.1) is 0 Å². The van der Waals surface area contributed by atoms with Crippen molar-refractivity contribution < 1.29 is 9.59 Å². The number of aryl methyl sites for hydroxylation is 2. The Balaban J connectivity index is 2.28. The summed E-state index contributed by atoms with van der Waals surface area (Å²) in [5.41, 5.74) is 9.94. The first-order valence-electron chi connectivity index (χ1n) is 6.67. The van der Waals surface area contributed by atoms with Crippen molar-refractivity contribution in [3.8, 4) is 0 Å². The number of nitrogens with one attached hydrogen (secondary N) is 1. The fourth-order valence-corrected chi connectivity index (χ4v) is 2.13. The molecule has 0 fully saturated rings. The third-order valence-corrected chi connectivity index (χ3v) is 3.38. The smallest absolute Gasteiger partial charge is 0.256 e. The van der Waals surface area contributed by atoms with Gasteiger partial charge in [0.25, 0.3) is 5.91 Å². The molecule has 0 aliphatic carbocycles. The van der Waals surface area contributed by atoms with Crippen LogP contribution in [0.4, 0.5) is 11.4 Å². The molecule has 0 radical (unpaired) electrons. The van der Waals surface area contributed by atoms with Gasteiger partial charge >= 0.3 is 0 Å². The highest BCUT2D eigenvalue weighted by molar-refractivity contribution is 6.06. The second-order valence-corrected chi connectivity index (χ2v) is 5.11. The Morgan fingerprint density at radius 3 is 2.43 bits per heavy atom. The number of carbonyl (C=O) groups is 2. The third-order valence-electron chi connectivity index (χ3n) is 3.38. The van der Waals surface area contributed by atoms with Crippen LogP contribution in [0.25, 0.3) is 0 Å². The highest BCUT2D eigenvalue weighted by Gasteiger charge is 2.12. The first-order chi connectivity index (χ1) is 9.88. The van der Waals surface area contributed by atoms with E-state index in [1.165, 1.54) is 6.92 Å². The van der Waals surface area contributed by atoms with Crippen molar-refractivity contribution in [2.24, 2.45) is 0 Å². The first-order valence-corrected chi connectivity index (χ1v) is 6.67. The normalized spacial score (nSPS) is 10.2. The summed E-state index contributed by atoms with van der Waals surface area (Å²) in [6.07, 6.45) is 0. The van der Waals surface area contributed by atoms with Gasteiger partial charge in [0.2, 0.25) is 0 Å². The highest BCUT2D eigenvalue weighted by atomic mass is 16.1. The van der Waals surface area contributed by atoms with Crippen molar-refractivity contribution in [1.29, 1.82) is 0 Å². The Morgan fingerprint density at radius 2 is 1.76 bits per heavy atom. The number of carbonyl (C=O) groups excluding carboxylic acids is 2. The zero-order valence-corrected chi connectivity index (χ0v) is 12.4. The van der Waals surface area contributed by atoms with Crippen LogP contribution in [0, 0.1) is 13.8 Å². The molecule has 108 valence electrons. The summed E-state index contributed by atoms with van der Waals surface area (Å²) in [6.45, 7) is 5.26. The van der Waals surface area contributed by atoms with Gasteiger partial charge in [-0.25, -0.2) is 0 Å². The second kappa shape index (κ2) is 5.79. The molecule has 0 saturated carbocycles. The molecule has 0 spiro atoms. The molecular weight excluding hydrogens is 264 g/mol. The van der Waals surface area contributed by atoms with Crippen molar-refractivity contribution in [1.82, 2.24) is 0 Å². The van der Waals surface area contributed by atoms with E-state index in [2.05, 4.69) is 5.32 Å². The molecule has 0 heterocycles. The Labute approximate surface area is 124 Å². The molecule has 0 aliphatic rings. The van der Waals surface area contributed by atoms with Gasteiger partial charge in [-0.3, -0.25) is 9.59 Å². The van der Waals surface area contributed by atoms with Gasteiger partial charge in [0.05, 0.1) is 0 Å². The van der Waals surface area contributed by atoms with Crippen LogP contribution >= 0.6 is 0 Å². The van der Waals surface area contributed by atoms with E-state index in [0.29, 0.717) is 22.5 Å². The Hall–Kier alpha value is -2.62. The molecule has 0 aliphatic heterocycles. The van der Waals surface area contributed by atoms with Crippen LogP contribution in [0.1, 0.15) is 38.8 Å². The molecule has 3 N–H and O–H groups in total. The van der Waals surface area contributed by atoms with Gasteiger partial charge in [-0.05, 0) is 50.1 Å². The topological polar surface area (TPSA) is 72.2 Å². The molecule has 0 atom stereocenters. The maximum Gasteiger partial charge on any atom is 0.256 e. The lowest BCUT2D eigenvalue weighted by Crippen LogP contribution is -2.14. The lowest BCUT2D eigenvalue weighted by atomic mass is 10.0. The fraction of sp³-hybridized carbons (Fsp3) is 0.176. The van der Waals surface area contributed by atoms with Crippen LogP contribution in [0.3, 0.4) is 0 Å². The number of Topliss-reactive ketones (excluding diaryl/α,β-unsaturated/α-hetero) is 1. The number of anilines is 2. The van der Waals surface area contributed by atoms with Crippen LogP contribution in [-0.2, 0) is 0 Å². The van der Waals surface area contributed by atoms with E-state index < -0.39 is 0 Å². The zero-order chi connectivity index (χ0) is 15.6. The lowest BCUT2D eigenvalue weighted by Gasteiger charge is -2.11. The molecule has 0 saturated heterocycles. The number of nitrogens with two attached hydrogens (primary N) is 1. The van der Waals surface area contributed by atoms with Crippen LogP contribution in [0.2, 0.25) is 0 Å². The summed E-state index contributed by atoms with van der Waals surface area (Å²) >= 11 is 0. The highest BCUT2D eigenvalue weighted by Crippen LogP contribution is 2.19. The second-order valence-electron chi connectivity index (χ2n) is 5.11. The molecule has 2 aromatic rings. The molecule has 0 aromatic heterocycles. The number of hydrogen-bond acceptors (Lipinski definition) is 3. The quantitative estimate of drug-likeness (QED) is 0.670. The summed E-state index contributed by atoms with van der Waals surface area (Å²) in [7, 11) is 0. The maximum atomic E-state index is 12.3. The van der Waals surface area contributed by atoms with E-state index in [0.717, 1.165) is 11.1 Å². The van der Waals surface area contributed by atoms with Crippen molar-refractivity contribution >= 4 is 23.1 Å². The average molecular weight is 282 g/mol. The van der Waals surface area contributed by atoms with Gasteiger partial charge in [-0.2, -0.15) is 0 Å². The predicted octanol–water partition coefficient (Wildman–Crippen LogP) is 3.34. The van der Waals surface area contributed by atoms with E-state index in [4.69, 9.17) is 5.73 Å². The summed E-state index contributed by atoms with van der Waals surface area (Å²) in [6, 6.07) is 10.4. The number of hydrogen-bond donors (Lipinski definition) is 2. The molecular formula is C17H18N2O2.